The van der Waals surface area contributed by atoms with Gasteiger partial charge in [-0.2, -0.15) is 0 Å². The predicted octanol–water partition coefficient (Wildman–Crippen LogP) is 6.91. The summed E-state index contributed by atoms with van der Waals surface area (Å²) in [5.74, 6) is 6.35. The van der Waals surface area contributed by atoms with Gasteiger partial charge in [0.1, 0.15) is 0 Å². The fourth-order valence-electron chi connectivity index (χ4n) is 4.40. The lowest BCUT2D eigenvalue weighted by Crippen LogP contribution is -2.30. The van der Waals surface area contributed by atoms with Crippen LogP contribution in [0.25, 0.3) is 0 Å². The maximum absolute atomic E-state index is 12.6. The van der Waals surface area contributed by atoms with E-state index in [4.69, 9.17) is 0 Å². The van der Waals surface area contributed by atoms with Crippen LogP contribution in [0.1, 0.15) is 96.5 Å². The zero-order chi connectivity index (χ0) is 26.1. The number of imide groups is 1. The molecule has 0 saturated carbocycles. The molecule has 3 aromatic carbocycles. The summed E-state index contributed by atoms with van der Waals surface area (Å²) in [6.07, 6.45) is 1.49. The number of carbonyl (C=O) groups excluding carboxylic acids is 2. The van der Waals surface area contributed by atoms with Crippen molar-refractivity contribution in [1.82, 2.24) is 4.90 Å². The second-order valence-electron chi connectivity index (χ2n) is 11.7. The number of fused-ring (bicyclic) bond motifs is 1. The third kappa shape index (κ3) is 5.60. The van der Waals surface area contributed by atoms with Crippen molar-refractivity contribution in [3.8, 4) is 11.8 Å². The molecule has 36 heavy (non-hydrogen) atoms. The number of hydrogen-bond acceptors (Lipinski definition) is 2. The largest absolute Gasteiger partial charge is 0.274 e. The number of amides is 2. The van der Waals surface area contributed by atoms with E-state index in [1.165, 1.54) is 16.0 Å². The van der Waals surface area contributed by atoms with Crippen molar-refractivity contribution in [2.24, 2.45) is 0 Å². The highest BCUT2D eigenvalue weighted by Gasteiger charge is 2.34. The Kier molecular flexibility index (Phi) is 6.92. The van der Waals surface area contributed by atoms with E-state index >= 15 is 0 Å². The van der Waals surface area contributed by atoms with Gasteiger partial charge in [-0.15, -0.1) is 0 Å². The third-order valence-corrected chi connectivity index (χ3v) is 6.67. The number of benzene rings is 3. The predicted molar refractivity (Wildman–Crippen MR) is 146 cm³/mol. The molecule has 184 valence electrons. The molecule has 3 nitrogen and oxygen atoms in total. The minimum atomic E-state index is -0.192. The van der Waals surface area contributed by atoms with Crippen LogP contribution in [0.5, 0.6) is 0 Å². The van der Waals surface area contributed by atoms with Crippen LogP contribution in [-0.2, 0) is 17.3 Å². The van der Waals surface area contributed by atoms with Crippen molar-refractivity contribution in [3.63, 3.8) is 0 Å². The quantitative estimate of drug-likeness (QED) is 0.302. The summed E-state index contributed by atoms with van der Waals surface area (Å²) in [5, 5.41) is 0. The number of carbonyl (C=O) groups is 2. The SMILES string of the molecule is CC(C)(C)c1cc(C#Cc2cccc(CCCN3C(=O)c4ccccc4C3=O)c2)cc(C(C)(C)C)c1. The first kappa shape index (κ1) is 25.5. The minimum absolute atomic E-state index is 0.0527. The molecule has 0 radical (unpaired) electrons. The molecule has 0 saturated heterocycles. The van der Waals surface area contributed by atoms with Crippen LogP contribution in [0, 0.1) is 11.8 Å². The molecule has 1 aliphatic rings. The highest BCUT2D eigenvalue weighted by Crippen LogP contribution is 2.30. The van der Waals surface area contributed by atoms with E-state index in [0.717, 1.165) is 23.1 Å². The molecule has 0 atom stereocenters. The first-order chi connectivity index (χ1) is 16.9. The molecule has 0 aromatic heterocycles. The monoisotopic (exact) mass is 477 g/mol. The summed E-state index contributed by atoms with van der Waals surface area (Å²) < 4.78 is 0. The smallest absolute Gasteiger partial charge is 0.261 e. The van der Waals surface area contributed by atoms with Gasteiger partial charge in [-0.05, 0) is 76.8 Å². The average molecular weight is 478 g/mol. The molecule has 2 amide bonds. The second-order valence-corrected chi connectivity index (χ2v) is 11.7. The van der Waals surface area contributed by atoms with E-state index in [1.807, 2.05) is 12.1 Å². The van der Waals surface area contributed by atoms with Gasteiger partial charge < -0.3 is 0 Å². The Labute approximate surface area is 215 Å². The van der Waals surface area contributed by atoms with Gasteiger partial charge in [0.2, 0.25) is 0 Å². The van der Waals surface area contributed by atoms with E-state index in [9.17, 15) is 9.59 Å². The van der Waals surface area contributed by atoms with Crippen LogP contribution < -0.4 is 0 Å². The maximum atomic E-state index is 12.6. The molecular weight excluding hydrogens is 442 g/mol. The Morgan fingerprint density at radius 2 is 1.22 bits per heavy atom. The van der Waals surface area contributed by atoms with Crippen LogP contribution in [0.3, 0.4) is 0 Å². The molecule has 1 heterocycles. The molecule has 0 fully saturated rings. The zero-order valence-corrected chi connectivity index (χ0v) is 22.2. The van der Waals surface area contributed by atoms with Gasteiger partial charge in [0.25, 0.3) is 11.8 Å². The molecule has 1 aliphatic heterocycles. The number of nitrogens with zero attached hydrogens (tertiary/aromatic N) is 1. The molecule has 4 rings (SSSR count). The summed E-state index contributed by atoms with van der Waals surface area (Å²) in [7, 11) is 0. The minimum Gasteiger partial charge on any atom is -0.274 e. The molecule has 3 aromatic rings. The standard InChI is InChI=1S/C33H35NO2/c1-32(2,3)26-20-25(21-27(22-26)33(4,5)6)17-16-24-12-9-11-23(19-24)13-10-18-34-30(35)28-14-7-8-15-29(28)31(34)36/h7-9,11-12,14-15,19-22H,10,13,18H2,1-6H3. The highest BCUT2D eigenvalue weighted by atomic mass is 16.2. The van der Waals surface area contributed by atoms with Crippen LogP contribution in [0.4, 0.5) is 0 Å². The van der Waals surface area contributed by atoms with Gasteiger partial charge in [0.05, 0.1) is 11.1 Å². The van der Waals surface area contributed by atoms with Crippen LogP contribution >= 0.6 is 0 Å². The van der Waals surface area contributed by atoms with Crippen molar-refractivity contribution in [2.75, 3.05) is 6.54 Å². The van der Waals surface area contributed by atoms with Crippen LogP contribution in [-0.4, -0.2) is 23.3 Å². The Bertz CT molecular complexity index is 1310. The average Bonchev–Trinajstić information content (AvgIpc) is 3.07. The fraction of sp³-hybridized carbons (Fsp3) is 0.333. The van der Waals surface area contributed by atoms with E-state index < -0.39 is 0 Å². The van der Waals surface area contributed by atoms with Crippen molar-refractivity contribution in [2.45, 2.75) is 65.2 Å². The lowest BCUT2D eigenvalue weighted by Gasteiger charge is -2.25. The molecular formula is C33H35NO2. The first-order valence-corrected chi connectivity index (χ1v) is 12.7. The summed E-state index contributed by atoms with van der Waals surface area (Å²) in [5.41, 5.74) is 6.85. The summed E-state index contributed by atoms with van der Waals surface area (Å²) in [6.45, 7) is 13.8. The molecule has 0 unspecified atom stereocenters. The van der Waals surface area contributed by atoms with Gasteiger partial charge in [-0.25, -0.2) is 0 Å². The van der Waals surface area contributed by atoms with E-state index in [2.05, 4.69) is 83.7 Å². The Hall–Kier alpha value is -3.64. The fourth-order valence-corrected chi connectivity index (χ4v) is 4.40. The lowest BCUT2D eigenvalue weighted by molar-refractivity contribution is 0.0652. The maximum Gasteiger partial charge on any atom is 0.261 e. The van der Waals surface area contributed by atoms with E-state index in [1.54, 1.807) is 24.3 Å². The van der Waals surface area contributed by atoms with Gasteiger partial charge in [-0.3, -0.25) is 14.5 Å². The van der Waals surface area contributed by atoms with Gasteiger partial charge in [-0.1, -0.05) is 83.7 Å². The van der Waals surface area contributed by atoms with E-state index in [-0.39, 0.29) is 22.6 Å². The summed E-state index contributed by atoms with van der Waals surface area (Å²) >= 11 is 0. The molecule has 3 heteroatoms. The van der Waals surface area contributed by atoms with Gasteiger partial charge in [0.15, 0.2) is 0 Å². The van der Waals surface area contributed by atoms with Crippen molar-refractivity contribution in [1.29, 1.82) is 0 Å². The molecule has 0 spiro atoms. The number of hydrogen-bond donors (Lipinski definition) is 0. The van der Waals surface area contributed by atoms with Gasteiger partial charge in [0, 0.05) is 17.7 Å². The molecule has 0 aliphatic carbocycles. The highest BCUT2D eigenvalue weighted by molar-refractivity contribution is 6.21. The Morgan fingerprint density at radius 3 is 1.78 bits per heavy atom. The Morgan fingerprint density at radius 1 is 0.667 bits per heavy atom. The third-order valence-electron chi connectivity index (χ3n) is 6.67. The number of rotatable bonds is 4. The topological polar surface area (TPSA) is 37.4 Å². The Balaban J connectivity index is 1.46. The van der Waals surface area contributed by atoms with E-state index in [0.29, 0.717) is 24.1 Å². The van der Waals surface area contributed by atoms with Crippen molar-refractivity contribution in [3.05, 3.63) is 106 Å². The lowest BCUT2D eigenvalue weighted by atomic mass is 9.79. The summed E-state index contributed by atoms with van der Waals surface area (Å²) in [6, 6.07) is 22.0. The summed E-state index contributed by atoms with van der Waals surface area (Å²) in [4.78, 5) is 26.5. The normalized spacial score (nSPS) is 13.4. The molecule has 0 N–H and O–H groups in total. The second kappa shape index (κ2) is 9.78. The van der Waals surface area contributed by atoms with Gasteiger partial charge >= 0.3 is 0 Å². The van der Waals surface area contributed by atoms with Crippen molar-refractivity contribution < 1.29 is 9.59 Å². The zero-order valence-electron chi connectivity index (χ0n) is 22.2. The van der Waals surface area contributed by atoms with Crippen molar-refractivity contribution >= 4 is 11.8 Å². The number of aryl methyl sites for hydroxylation is 1. The van der Waals surface area contributed by atoms with Crippen LogP contribution in [0.15, 0.2) is 66.7 Å². The molecule has 0 bridgehead atoms. The van der Waals surface area contributed by atoms with Crippen LogP contribution in [0.2, 0.25) is 0 Å². The first-order valence-electron chi connectivity index (χ1n) is 12.7.